The summed E-state index contributed by atoms with van der Waals surface area (Å²) in [5, 5.41) is 11.7. The predicted octanol–water partition coefficient (Wildman–Crippen LogP) is 4.90. The third-order valence-corrected chi connectivity index (χ3v) is 5.84. The quantitative estimate of drug-likeness (QED) is 0.761. The number of hydrogen-bond donors (Lipinski definition) is 1. The minimum atomic E-state index is -0.378. The summed E-state index contributed by atoms with van der Waals surface area (Å²) in [7, 11) is 2.13. The van der Waals surface area contributed by atoms with Crippen molar-refractivity contribution >= 4 is 23.2 Å². The summed E-state index contributed by atoms with van der Waals surface area (Å²) in [6.45, 7) is 5.11. The molecule has 1 aromatic carbocycles. The van der Waals surface area contributed by atoms with E-state index in [0.717, 1.165) is 32.2 Å². The van der Waals surface area contributed by atoms with Crippen molar-refractivity contribution in [3.8, 4) is 0 Å². The fourth-order valence-corrected chi connectivity index (χ4v) is 4.22. The van der Waals surface area contributed by atoms with Crippen molar-refractivity contribution in [2.24, 2.45) is 0 Å². The molecule has 0 amide bonds. The normalized spacial score (nSPS) is 19.8. The standard InChI is InChI=1S/C18H27Cl2NO/c1-4-5-11-21(3)17(13(2)22)18(9-6-10-18)14-7-8-15(19)16(20)12-14/h7-8,12-13,17,22H,4-6,9-11H2,1-3H3. The van der Waals surface area contributed by atoms with Crippen molar-refractivity contribution in [2.45, 2.75) is 63.5 Å². The van der Waals surface area contributed by atoms with E-state index in [0.29, 0.717) is 10.0 Å². The zero-order chi connectivity index (χ0) is 16.3. The number of hydrogen-bond acceptors (Lipinski definition) is 2. The molecule has 0 spiro atoms. The number of likely N-dealkylation sites (N-methyl/N-ethyl adjacent to an activating group) is 1. The van der Waals surface area contributed by atoms with E-state index in [9.17, 15) is 5.11 Å². The van der Waals surface area contributed by atoms with Crippen LogP contribution in [0, 0.1) is 0 Å². The van der Waals surface area contributed by atoms with Gasteiger partial charge in [-0.3, -0.25) is 4.90 Å². The van der Waals surface area contributed by atoms with Gasteiger partial charge in [-0.15, -0.1) is 0 Å². The van der Waals surface area contributed by atoms with Crippen LogP contribution in [0.2, 0.25) is 10.0 Å². The number of rotatable bonds is 7. The summed E-state index contributed by atoms with van der Waals surface area (Å²) in [6, 6.07) is 6.07. The number of nitrogens with zero attached hydrogens (tertiary/aromatic N) is 1. The van der Waals surface area contributed by atoms with Gasteiger partial charge in [0, 0.05) is 11.5 Å². The second-order valence-corrected chi connectivity index (χ2v) is 7.47. The van der Waals surface area contributed by atoms with Crippen molar-refractivity contribution in [1.29, 1.82) is 0 Å². The van der Waals surface area contributed by atoms with E-state index in [1.807, 2.05) is 19.1 Å². The van der Waals surface area contributed by atoms with Crippen LogP contribution in [0.5, 0.6) is 0 Å². The summed E-state index contributed by atoms with van der Waals surface area (Å²) in [4.78, 5) is 2.33. The number of halogens is 2. The monoisotopic (exact) mass is 343 g/mol. The Kier molecular flexibility index (Phi) is 6.18. The van der Waals surface area contributed by atoms with Crippen LogP contribution >= 0.6 is 23.2 Å². The van der Waals surface area contributed by atoms with E-state index in [1.165, 1.54) is 12.0 Å². The fraction of sp³-hybridized carbons (Fsp3) is 0.667. The molecule has 1 aliphatic carbocycles. The zero-order valence-electron chi connectivity index (χ0n) is 13.8. The van der Waals surface area contributed by atoms with Gasteiger partial charge < -0.3 is 5.11 Å². The molecule has 0 aliphatic heterocycles. The van der Waals surface area contributed by atoms with Crippen molar-refractivity contribution in [3.63, 3.8) is 0 Å². The van der Waals surface area contributed by atoms with Crippen molar-refractivity contribution in [1.82, 2.24) is 4.90 Å². The van der Waals surface area contributed by atoms with Crippen LogP contribution in [0.3, 0.4) is 0 Å². The van der Waals surface area contributed by atoms with Crippen molar-refractivity contribution < 1.29 is 5.11 Å². The maximum absolute atomic E-state index is 10.5. The molecule has 124 valence electrons. The molecular formula is C18H27Cl2NO. The van der Waals surface area contributed by atoms with E-state index in [2.05, 4.69) is 24.9 Å². The van der Waals surface area contributed by atoms with Crippen LogP contribution in [0.4, 0.5) is 0 Å². The first-order chi connectivity index (χ1) is 10.4. The molecule has 1 aromatic rings. The molecular weight excluding hydrogens is 317 g/mol. The van der Waals surface area contributed by atoms with Gasteiger partial charge >= 0.3 is 0 Å². The van der Waals surface area contributed by atoms with Gasteiger partial charge in [0.05, 0.1) is 16.1 Å². The average molecular weight is 344 g/mol. The summed E-state index contributed by atoms with van der Waals surface area (Å²) in [5.74, 6) is 0. The Morgan fingerprint density at radius 3 is 2.41 bits per heavy atom. The van der Waals surface area contributed by atoms with Gasteiger partial charge in [-0.2, -0.15) is 0 Å². The van der Waals surface area contributed by atoms with Gasteiger partial charge in [0.1, 0.15) is 0 Å². The number of aliphatic hydroxyl groups is 1. The lowest BCUT2D eigenvalue weighted by Gasteiger charge is -2.52. The van der Waals surface area contributed by atoms with Gasteiger partial charge in [-0.1, -0.05) is 49.0 Å². The molecule has 1 saturated carbocycles. The highest BCUT2D eigenvalue weighted by Gasteiger charge is 2.48. The average Bonchev–Trinajstić information content (AvgIpc) is 2.42. The molecule has 2 nitrogen and oxygen atoms in total. The summed E-state index contributed by atoms with van der Waals surface area (Å²) < 4.78 is 0. The SMILES string of the molecule is CCCCN(C)C(C(C)O)C1(c2ccc(Cl)c(Cl)c2)CCC1. The molecule has 2 rings (SSSR count). The predicted molar refractivity (Wildman–Crippen MR) is 95.0 cm³/mol. The molecule has 4 heteroatoms. The first-order valence-corrected chi connectivity index (χ1v) is 9.02. The first kappa shape index (κ1) is 18.1. The van der Waals surface area contributed by atoms with Gasteiger partial charge in [0.2, 0.25) is 0 Å². The lowest BCUT2D eigenvalue weighted by Crippen LogP contribution is -2.58. The van der Waals surface area contributed by atoms with Crippen LogP contribution in [0.25, 0.3) is 0 Å². The highest BCUT2D eigenvalue weighted by atomic mass is 35.5. The maximum Gasteiger partial charge on any atom is 0.0675 e. The van der Waals surface area contributed by atoms with Gasteiger partial charge in [0.15, 0.2) is 0 Å². The largest absolute Gasteiger partial charge is 0.392 e. The van der Waals surface area contributed by atoms with Gasteiger partial charge in [-0.25, -0.2) is 0 Å². The van der Waals surface area contributed by atoms with Crippen LogP contribution < -0.4 is 0 Å². The smallest absolute Gasteiger partial charge is 0.0675 e. The van der Waals surface area contributed by atoms with Crippen LogP contribution in [0.15, 0.2) is 18.2 Å². The first-order valence-electron chi connectivity index (χ1n) is 8.26. The van der Waals surface area contributed by atoms with Crippen molar-refractivity contribution in [2.75, 3.05) is 13.6 Å². The second kappa shape index (κ2) is 7.53. The second-order valence-electron chi connectivity index (χ2n) is 6.66. The van der Waals surface area contributed by atoms with E-state index in [4.69, 9.17) is 23.2 Å². The Balaban J connectivity index is 2.34. The number of aliphatic hydroxyl groups excluding tert-OH is 1. The molecule has 1 aliphatic rings. The molecule has 0 bridgehead atoms. The molecule has 2 atom stereocenters. The molecule has 0 aromatic heterocycles. The molecule has 0 heterocycles. The molecule has 1 fully saturated rings. The summed E-state index contributed by atoms with van der Waals surface area (Å²) in [5.41, 5.74) is 1.20. The van der Waals surface area contributed by atoms with Gasteiger partial charge in [-0.05, 0) is 57.5 Å². The Bertz CT molecular complexity index is 500. The lowest BCUT2D eigenvalue weighted by molar-refractivity contribution is -0.00843. The van der Waals surface area contributed by atoms with E-state index in [-0.39, 0.29) is 17.6 Å². The highest BCUT2D eigenvalue weighted by molar-refractivity contribution is 6.42. The number of unbranched alkanes of at least 4 members (excludes halogenated alkanes) is 1. The Hall–Kier alpha value is -0.280. The van der Waals surface area contributed by atoms with Gasteiger partial charge in [0.25, 0.3) is 0 Å². The third-order valence-electron chi connectivity index (χ3n) is 5.10. The molecule has 0 radical (unpaired) electrons. The van der Waals surface area contributed by atoms with E-state index in [1.54, 1.807) is 0 Å². The third kappa shape index (κ3) is 3.46. The molecule has 1 N–H and O–H groups in total. The van der Waals surface area contributed by atoms with Crippen molar-refractivity contribution in [3.05, 3.63) is 33.8 Å². The van der Waals surface area contributed by atoms with Crippen LogP contribution in [-0.4, -0.2) is 35.7 Å². The minimum Gasteiger partial charge on any atom is -0.392 e. The molecule has 0 saturated heterocycles. The highest BCUT2D eigenvalue weighted by Crippen LogP contribution is 2.49. The summed E-state index contributed by atoms with van der Waals surface area (Å²) in [6.07, 6.45) is 5.32. The van der Waals surface area contributed by atoms with Crippen LogP contribution in [-0.2, 0) is 5.41 Å². The number of benzene rings is 1. The van der Waals surface area contributed by atoms with Crippen LogP contribution in [0.1, 0.15) is 51.5 Å². The lowest BCUT2D eigenvalue weighted by atomic mass is 9.58. The Labute approximate surface area is 144 Å². The topological polar surface area (TPSA) is 23.5 Å². The van der Waals surface area contributed by atoms with E-state index >= 15 is 0 Å². The minimum absolute atomic E-state index is 0.00904. The Morgan fingerprint density at radius 1 is 1.27 bits per heavy atom. The fourth-order valence-electron chi connectivity index (χ4n) is 3.92. The maximum atomic E-state index is 10.5. The summed E-state index contributed by atoms with van der Waals surface area (Å²) >= 11 is 12.3. The zero-order valence-corrected chi connectivity index (χ0v) is 15.3. The molecule has 22 heavy (non-hydrogen) atoms. The molecule has 2 unspecified atom stereocenters. The van der Waals surface area contributed by atoms with E-state index < -0.39 is 0 Å². The Morgan fingerprint density at radius 2 is 1.95 bits per heavy atom.